The van der Waals surface area contributed by atoms with Gasteiger partial charge in [0.25, 0.3) is 0 Å². The summed E-state index contributed by atoms with van der Waals surface area (Å²) in [5, 5.41) is 3.45. The van der Waals surface area contributed by atoms with Gasteiger partial charge in [0, 0.05) is 20.1 Å². The number of anilines is 1. The van der Waals surface area contributed by atoms with E-state index in [0.717, 1.165) is 15.8 Å². The maximum atomic E-state index is 12.5. The molecule has 1 aliphatic rings. The maximum absolute atomic E-state index is 12.5. The monoisotopic (exact) mass is 347 g/mol. The van der Waals surface area contributed by atoms with Crippen molar-refractivity contribution in [2.75, 3.05) is 25.6 Å². The van der Waals surface area contributed by atoms with Gasteiger partial charge < -0.3 is 15.0 Å². The fourth-order valence-corrected chi connectivity index (χ4v) is 3.96. The summed E-state index contributed by atoms with van der Waals surface area (Å²) < 4.78 is 6.14. The molecule has 3 rings (SSSR count). The highest BCUT2D eigenvalue weighted by Gasteiger charge is 2.36. The van der Waals surface area contributed by atoms with Crippen LogP contribution in [0.15, 0.2) is 18.2 Å². The number of benzene rings is 1. The first kappa shape index (κ1) is 16.9. The standard InChI is InChI=1S/C17H21N3O3S/c1-10-5-4-6-13-15(10)18-17(24-13)19-16(22)12-7-14(21)20(8-12)11(2)9-23-3/h4-6,11-12H,7-9H2,1-3H3,(H,18,19,22). The van der Waals surface area contributed by atoms with E-state index in [1.807, 2.05) is 32.0 Å². The SMILES string of the molecule is COCC(C)N1CC(C(=O)Nc2nc3c(C)cccc3s2)CC1=O. The van der Waals surface area contributed by atoms with Crippen LogP contribution in [0.2, 0.25) is 0 Å². The minimum atomic E-state index is -0.343. The quantitative estimate of drug-likeness (QED) is 0.902. The van der Waals surface area contributed by atoms with Crippen LogP contribution in [0.5, 0.6) is 0 Å². The van der Waals surface area contributed by atoms with Crippen molar-refractivity contribution in [1.29, 1.82) is 0 Å². The van der Waals surface area contributed by atoms with Crippen molar-refractivity contribution in [3.8, 4) is 0 Å². The highest BCUT2D eigenvalue weighted by Crippen LogP contribution is 2.29. The lowest BCUT2D eigenvalue weighted by Gasteiger charge is -2.23. The van der Waals surface area contributed by atoms with Crippen LogP contribution in [-0.2, 0) is 14.3 Å². The predicted molar refractivity (Wildman–Crippen MR) is 94.1 cm³/mol. The molecule has 1 N–H and O–H groups in total. The molecule has 2 aromatic rings. The Hall–Kier alpha value is -1.99. The zero-order chi connectivity index (χ0) is 17.3. The smallest absolute Gasteiger partial charge is 0.231 e. The molecule has 0 bridgehead atoms. The number of nitrogens with one attached hydrogen (secondary N) is 1. The van der Waals surface area contributed by atoms with E-state index < -0.39 is 0 Å². The Morgan fingerprint density at radius 3 is 3.04 bits per heavy atom. The maximum Gasteiger partial charge on any atom is 0.231 e. The number of carbonyl (C=O) groups excluding carboxylic acids is 2. The second-order valence-corrected chi connectivity index (χ2v) is 7.21. The molecule has 6 nitrogen and oxygen atoms in total. The third-order valence-corrected chi connectivity index (χ3v) is 5.26. The summed E-state index contributed by atoms with van der Waals surface area (Å²) >= 11 is 1.45. The lowest BCUT2D eigenvalue weighted by atomic mass is 10.1. The van der Waals surface area contributed by atoms with Gasteiger partial charge in [-0.15, -0.1) is 0 Å². The first-order chi connectivity index (χ1) is 11.5. The highest BCUT2D eigenvalue weighted by atomic mass is 32.1. The van der Waals surface area contributed by atoms with Crippen LogP contribution in [0, 0.1) is 12.8 Å². The second kappa shape index (κ2) is 6.86. The van der Waals surface area contributed by atoms with Crippen LogP contribution in [0.1, 0.15) is 18.9 Å². The number of likely N-dealkylation sites (tertiary alicyclic amines) is 1. The Kier molecular flexibility index (Phi) is 4.82. The molecule has 128 valence electrons. The van der Waals surface area contributed by atoms with Crippen molar-refractivity contribution >= 4 is 38.5 Å². The Balaban J connectivity index is 1.68. The number of nitrogens with zero attached hydrogens (tertiary/aromatic N) is 2. The Morgan fingerprint density at radius 1 is 1.54 bits per heavy atom. The Morgan fingerprint density at radius 2 is 2.33 bits per heavy atom. The summed E-state index contributed by atoms with van der Waals surface area (Å²) in [5.41, 5.74) is 2.00. The molecule has 2 unspecified atom stereocenters. The van der Waals surface area contributed by atoms with E-state index in [9.17, 15) is 9.59 Å². The molecule has 1 saturated heterocycles. The average Bonchev–Trinajstić information content (AvgIpc) is 3.11. The zero-order valence-electron chi connectivity index (χ0n) is 14.0. The lowest BCUT2D eigenvalue weighted by Crippen LogP contribution is -2.38. The third-order valence-electron chi connectivity index (χ3n) is 4.32. The Labute approximate surface area is 144 Å². The van der Waals surface area contributed by atoms with Crippen LogP contribution in [0.25, 0.3) is 10.2 Å². The third kappa shape index (κ3) is 3.27. The van der Waals surface area contributed by atoms with Gasteiger partial charge in [-0.05, 0) is 25.5 Å². The van der Waals surface area contributed by atoms with Crippen LogP contribution < -0.4 is 5.32 Å². The Bertz CT molecular complexity index is 774. The second-order valence-electron chi connectivity index (χ2n) is 6.18. The number of fused-ring (bicyclic) bond motifs is 1. The molecule has 1 aliphatic heterocycles. The van der Waals surface area contributed by atoms with Crippen molar-refractivity contribution in [2.45, 2.75) is 26.3 Å². The van der Waals surface area contributed by atoms with Gasteiger partial charge in [0.15, 0.2) is 5.13 Å². The minimum Gasteiger partial charge on any atom is -0.383 e. The van der Waals surface area contributed by atoms with Crippen LogP contribution >= 0.6 is 11.3 Å². The van der Waals surface area contributed by atoms with Gasteiger partial charge in [0.05, 0.1) is 28.8 Å². The molecule has 0 radical (unpaired) electrons. The number of aromatic nitrogens is 1. The van der Waals surface area contributed by atoms with E-state index in [1.54, 1.807) is 12.0 Å². The van der Waals surface area contributed by atoms with Crippen molar-refractivity contribution < 1.29 is 14.3 Å². The van der Waals surface area contributed by atoms with Crippen molar-refractivity contribution in [2.24, 2.45) is 5.92 Å². The highest BCUT2D eigenvalue weighted by molar-refractivity contribution is 7.22. The first-order valence-electron chi connectivity index (χ1n) is 7.95. The molecule has 1 aromatic carbocycles. The lowest BCUT2D eigenvalue weighted by molar-refractivity contribution is -0.130. The number of ether oxygens (including phenoxy) is 1. The number of rotatable bonds is 5. The summed E-state index contributed by atoms with van der Waals surface area (Å²) in [4.78, 5) is 30.8. The van der Waals surface area contributed by atoms with Gasteiger partial charge in [-0.3, -0.25) is 9.59 Å². The summed E-state index contributed by atoms with van der Waals surface area (Å²) in [6.45, 7) is 4.83. The zero-order valence-corrected chi connectivity index (χ0v) is 14.9. The molecule has 1 aromatic heterocycles. The van der Waals surface area contributed by atoms with Gasteiger partial charge in [-0.2, -0.15) is 0 Å². The summed E-state index contributed by atoms with van der Waals surface area (Å²) in [7, 11) is 1.61. The van der Waals surface area contributed by atoms with Gasteiger partial charge in [-0.1, -0.05) is 23.5 Å². The largest absolute Gasteiger partial charge is 0.383 e. The number of amides is 2. The normalized spacial score (nSPS) is 19.0. The van der Waals surface area contributed by atoms with Crippen LogP contribution in [0.3, 0.4) is 0 Å². The van der Waals surface area contributed by atoms with Crippen LogP contribution in [0.4, 0.5) is 5.13 Å². The number of thiazole rings is 1. The van der Waals surface area contributed by atoms with Gasteiger partial charge in [0.2, 0.25) is 11.8 Å². The topological polar surface area (TPSA) is 71.5 Å². The molecule has 24 heavy (non-hydrogen) atoms. The number of hydrogen-bond donors (Lipinski definition) is 1. The van der Waals surface area contributed by atoms with Gasteiger partial charge >= 0.3 is 0 Å². The number of hydrogen-bond acceptors (Lipinski definition) is 5. The number of para-hydroxylation sites is 1. The summed E-state index contributed by atoms with van der Waals surface area (Å²) in [6.07, 6.45) is 0.240. The van der Waals surface area contributed by atoms with E-state index in [2.05, 4.69) is 10.3 Å². The van der Waals surface area contributed by atoms with E-state index in [1.165, 1.54) is 11.3 Å². The molecule has 0 aliphatic carbocycles. The van der Waals surface area contributed by atoms with E-state index in [-0.39, 0.29) is 30.2 Å². The predicted octanol–water partition coefficient (Wildman–Crippen LogP) is 2.43. The van der Waals surface area contributed by atoms with Crippen LogP contribution in [-0.4, -0.2) is 48.0 Å². The average molecular weight is 347 g/mol. The summed E-state index contributed by atoms with van der Waals surface area (Å²) in [6, 6.07) is 5.94. The van der Waals surface area contributed by atoms with E-state index in [0.29, 0.717) is 18.3 Å². The minimum absolute atomic E-state index is 0.000144. The van der Waals surface area contributed by atoms with Gasteiger partial charge in [-0.25, -0.2) is 4.98 Å². The number of aryl methyl sites for hydroxylation is 1. The number of carbonyl (C=O) groups is 2. The molecule has 7 heteroatoms. The fourth-order valence-electron chi connectivity index (χ4n) is 3.01. The van der Waals surface area contributed by atoms with E-state index >= 15 is 0 Å². The van der Waals surface area contributed by atoms with Crippen molar-refractivity contribution in [3.05, 3.63) is 23.8 Å². The molecule has 2 atom stereocenters. The molecular formula is C17H21N3O3S. The fraction of sp³-hybridized carbons (Fsp3) is 0.471. The van der Waals surface area contributed by atoms with Crippen molar-refractivity contribution in [1.82, 2.24) is 9.88 Å². The number of methoxy groups -OCH3 is 1. The molecular weight excluding hydrogens is 326 g/mol. The molecule has 0 spiro atoms. The molecule has 0 saturated carbocycles. The summed E-state index contributed by atoms with van der Waals surface area (Å²) in [5.74, 6) is -0.489. The molecule has 1 fully saturated rings. The molecule has 2 amide bonds. The first-order valence-corrected chi connectivity index (χ1v) is 8.76. The van der Waals surface area contributed by atoms with Crippen molar-refractivity contribution in [3.63, 3.8) is 0 Å². The molecule has 2 heterocycles. The van der Waals surface area contributed by atoms with Gasteiger partial charge in [0.1, 0.15) is 0 Å². The van der Waals surface area contributed by atoms with E-state index in [4.69, 9.17) is 4.74 Å².